The number of nitrogens with two attached hydrogens (primary N) is 1. The van der Waals surface area contributed by atoms with E-state index in [1.165, 1.54) is 12.1 Å². The van der Waals surface area contributed by atoms with Crippen LogP contribution in [0.5, 0.6) is 0 Å². The number of aromatic carboxylic acids is 1. The Morgan fingerprint density at radius 3 is 2.30 bits per heavy atom. The van der Waals surface area contributed by atoms with Crippen molar-refractivity contribution >= 4 is 11.7 Å². The first-order valence-corrected chi connectivity index (χ1v) is 2.79. The number of carboxylic acid groups (broad SMARTS) is 1. The zero-order chi connectivity index (χ0) is 7.56. The highest BCUT2D eigenvalue weighted by molar-refractivity contribution is 5.87. The summed E-state index contributed by atoms with van der Waals surface area (Å²) in [5, 5.41) is 8.43. The van der Waals surface area contributed by atoms with Crippen molar-refractivity contribution in [1.82, 2.24) is 0 Å². The van der Waals surface area contributed by atoms with Crippen LogP contribution in [0.25, 0.3) is 0 Å². The molecule has 0 bridgehead atoms. The summed E-state index contributed by atoms with van der Waals surface area (Å²) in [6.07, 6.45) is 0. The van der Waals surface area contributed by atoms with Crippen LogP contribution in [0.3, 0.4) is 0 Å². The van der Waals surface area contributed by atoms with Crippen LogP contribution in [-0.4, -0.2) is 11.1 Å². The molecule has 3 nitrogen and oxygen atoms in total. The van der Waals surface area contributed by atoms with Crippen LogP contribution in [-0.2, 0) is 0 Å². The Morgan fingerprint density at radius 1 is 1.40 bits per heavy atom. The predicted octanol–water partition coefficient (Wildman–Crippen LogP) is 1.21. The predicted molar refractivity (Wildman–Crippen MR) is 39.9 cm³/mol. The van der Waals surface area contributed by atoms with E-state index in [2.05, 4.69) is 0 Å². The molecule has 0 aliphatic carbocycles. The van der Waals surface area contributed by atoms with Crippen molar-refractivity contribution in [2.75, 3.05) is 5.73 Å². The average Bonchev–Trinajstić information content (AvgIpc) is 1.88. The van der Waals surface area contributed by atoms with Crippen molar-refractivity contribution in [3.05, 3.63) is 29.8 Å². The van der Waals surface area contributed by atoms with Gasteiger partial charge in [0.1, 0.15) is 0 Å². The molecule has 0 aromatic heterocycles. The van der Waals surface area contributed by atoms with Crippen molar-refractivity contribution < 1.29 is 11.3 Å². The van der Waals surface area contributed by atoms with Gasteiger partial charge in [0.25, 0.3) is 0 Å². The lowest BCUT2D eigenvalue weighted by atomic mass is 10.2. The van der Waals surface area contributed by atoms with Gasteiger partial charge in [-0.3, -0.25) is 0 Å². The topological polar surface area (TPSA) is 63.3 Å². The van der Waals surface area contributed by atoms with Gasteiger partial charge in [-0.1, -0.05) is 0 Å². The smallest absolute Gasteiger partial charge is 0.335 e. The van der Waals surface area contributed by atoms with Crippen LogP contribution < -0.4 is 5.73 Å². The van der Waals surface area contributed by atoms with Gasteiger partial charge in [0, 0.05) is 7.11 Å². The lowest BCUT2D eigenvalue weighted by molar-refractivity contribution is 0.0697. The molecule has 0 fully saturated rings. The van der Waals surface area contributed by atoms with Gasteiger partial charge < -0.3 is 10.8 Å². The standard InChI is InChI=1S/C7H7NO2.H2/c8-6-3-1-5(2-4-6)7(9)10;/h1-4H,8H2,(H,9,10);1H. The van der Waals surface area contributed by atoms with Crippen molar-refractivity contribution in [1.29, 1.82) is 0 Å². The number of carboxylic acids is 1. The molecule has 3 N–H and O–H groups in total. The Hall–Kier alpha value is -1.51. The van der Waals surface area contributed by atoms with Crippen LogP contribution >= 0.6 is 0 Å². The summed E-state index contributed by atoms with van der Waals surface area (Å²) in [6, 6.07) is 6.06. The molecule has 0 saturated heterocycles. The summed E-state index contributed by atoms with van der Waals surface area (Å²) in [5.41, 5.74) is 6.17. The molecule has 0 aliphatic rings. The monoisotopic (exact) mass is 139 g/mol. The third-order valence-electron chi connectivity index (χ3n) is 1.16. The Morgan fingerprint density at radius 2 is 1.90 bits per heavy atom. The summed E-state index contributed by atoms with van der Waals surface area (Å²) in [6.45, 7) is 0. The first-order valence-electron chi connectivity index (χ1n) is 2.79. The Balaban J connectivity index is 0.000001000. The SMILES string of the molecule is Nc1ccc(C(=O)O)cc1.[HH]. The molecule has 0 atom stereocenters. The lowest BCUT2D eigenvalue weighted by Crippen LogP contribution is -1.95. The summed E-state index contributed by atoms with van der Waals surface area (Å²) >= 11 is 0. The van der Waals surface area contributed by atoms with Gasteiger partial charge in [0.05, 0.1) is 5.56 Å². The molecule has 0 saturated carbocycles. The molecule has 10 heavy (non-hydrogen) atoms. The van der Waals surface area contributed by atoms with Gasteiger partial charge in [-0.25, -0.2) is 4.79 Å². The molecule has 1 rings (SSSR count). The molecular formula is C7H9NO2. The fourth-order valence-corrected chi connectivity index (χ4v) is 0.626. The average molecular weight is 139 g/mol. The first-order chi connectivity index (χ1) is 4.70. The highest BCUT2D eigenvalue weighted by Crippen LogP contribution is 2.04. The van der Waals surface area contributed by atoms with Gasteiger partial charge in [0.2, 0.25) is 0 Å². The molecule has 3 heteroatoms. The zero-order valence-corrected chi connectivity index (χ0v) is 5.24. The molecule has 0 spiro atoms. The number of anilines is 1. The molecular weight excluding hydrogens is 130 g/mol. The highest BCUT2D eigenvalue weighted by atomic mass is 16.4. The van der Waals surface area contributed by atoms with Crippen LogP contribution in [0.1, 0.15) is 11.8 Å². The minimum atomic E-state index is -0.931. The third-order valence-corrected chi connectivity index (χ3v) is 1.16. The maximum Gasteiger partial charge on any atom is 0.335 e. The van der Waals surface area contributed by atoms with E-state index in [0.717, 1.165) is 0 Å². The van der Waals surface area contributed by atoms with E-state index in [1.807, 2.05) is 0 Å². The van der Waals surface area contributed by atoms with Crippen molar-refractivity contribution in [2.24, 2.45) is 0 Å². The Labute approximate surface area is 59.6 Å². The van der Waals surface area contributed by atoms with Gasteiger partial charge >= 0.3 is 5.97 Å². The van der Waals surface area contributed by atoms with E-state index < -0.39 is 5.97 Å². The summed E-state index contributed by atoms with van der Waals surface area (Å²) < 4.78 is 0. The maximum atomic E-state index is 10.3. The molecule has 1 aromatic rings. The molecule has 0 aliphatic heterocycles. The summed E-state index contributed by atoms with van der Waals surface area (Å²) in [5.74, 6) is -0.931. The number of benzene rings is 1. The second kappa shape index (κ2) is 2.39. The van der Waals surface area contributed by atoms with E-state index >= 15 is 0 Å². The van der Waals surface area contributed by atoms with Crippen LogP contribution in [0.4, 0.5) is 5.69 Å². The number of carbonyl (C=O) groups is 1. The fraction of sp³-hybridized carbons (Fsp3) is 0. The van der Waals surface area contributed by atoms with Crippen molar-refractivity contribution in [3.8, 4) is 0 Å². The van der Waals surface area contributed by atoms with E-state index in [4.69, 9.17) is 10.8 Å². The van der Waals surface area contributed by atoms with Gasteiger partial charge in [-0.05, 0) is 24.3 Å². The van der Waals surface area contributed by atoms with E-state index in [9.17, 15) is 4.79 Å². The largest absolute Gasteiger partial charge is 0.478 e. The van der Waals surface area contributed by atoms with E-state index in [0.29, 0.717) is 5.69 Å². The minimum absolute atomic E-state index is 0. The zero-order valence-electron chi connectivity index (χ0n) is 5.24. The summed E-state index contributed by atoms with van der Waals surface area (Å²) in [7, 11) is 0. The normalized spacial score (nSPS) is 9.20. The molecule has 0 amide bonds. The number of hydrogen-bond donors (Lipinski definition) is 2. The van der Waals surface area contributed by atoms with Crippen molar-refractivity contribution in [2.45, 2.75) is 0 Å². The van der Waals surface area contributed by atoms with E-state index in [1.54, 1.807) is 12.1 Å². The Bertz CT molecular complexity index is 245. The minimum Gasteiger partial charge on any atom is -0.478 e. The first kappa shape index (κ1) is 6.61. The lowest BCUT2D eigenvalue weighted by Gasteiger charge is -1.93. The quantitative estimate of drug-likeness (QED) is 0.575. The highest BCUT2D eigenvalue weighted by Gasteiger charge is 1.98. The molecule has 54 valence electrons. The van der Waals surface area contributed by atoms with Crippen LogP contribution in [0.2, 0.25) is 0 Å². The molecule has 0 unspecified atom stereocenters. The number of rotatable bonds is 1. The molecule has 0 heterocycles. The second-order valence-corrected chi connectivity index (χ2v) is 1.93. The number of nitrogen functional groups attached to an aromatic ring is 1. The third kappa shape index (κ3) is 1.25. The van der Waals surface area contributed by atoms with Gasteiger partial charge in [-0.15, -0.1) is 0 Å². The Kier molecular flexibility index (Phi) is 1.58. The van der Waals surface area contributed by atoms with Crippen molar-refractivity contribution in [3.63, 3.8) is 0 Å². The van der Waals surface area contributed by atoms with Gasteiger partial charge in [0.15, 0.2) is 0 Å². The fourth-order valence-electron chi connectivity index (χ4n) is 0.626. The second-order valence-electron chi connectivity index (χ2n) is 1.93. The number of hydrogen-bond acceptors (Lipinski definition) is 2. The van der Waals surface area contributed by atoms with Crippen LogP contribution in [0, 0.1) is 0 Å². The summed E-state index contributed by atoms with van der Waals surface area (Å²) in [4.78, 5) is 10.3. The molecule has 1 aromatic carbocycles. The van der Waals surface area contributed by atoms with Gasteiger partial charge in [-0.2, -0.15) is 0 Å². The van der Waals surface area contributed by atoms with E-state index in [-0.39, 0.29) is 6.99 Å². The van der Waals surface area contributed by atoms with Crippen LogP contribution in [0.15, 0.2) is 24.3 Å². The molecule has 0 radical (unpaired) electrons. The maximum absolute atomic E-state index is 10.3.